The average Bonchev–Trinajstić information content (AvgIpc) is 3.48. The maximum atomic E-state index is 12.6. The van der Waals surface area contributed by atoms with Crippen LogP contribution in [0.25, 0.3) is 22.6 Å². The molecule has 0 saturated heterocycles. The Morgan fingerprint density at radius 3 is 2.41 bits per heavy atom. The van der Waals surface area contributed by atoms with Crippen molar-refractivity contribution in [2.75, 3.05) is 19.0 Å². The van der Waals surface area contributed by atoms with Crippen molar-refractivity contribution in [1.82, 2.24) is 4.98 Å². The zero-order valence-corrected chi connectivity index (χ0v) is 18.6. The molecule has 0 fully saturated rings. The molecule has 1 amide bonds. The minimum Gasteiger partial charge on any atom is -0.451 e. The van der Waals surface area contributed by atoms with Crippen molar-refractivity contribution in [2.24, 2.45) is 0 Å². The van der Waals surface area contributed by atoms with Gasteiger partial charge in [0.2, 0.25) is 0 Å². The number of benzene rings is 2. The second-order valence-electron chi connectivity index (χ2n) is 7.23. The molecule has 4 rings (SSSR count). The van der Waals surface area contributed by atoms with Crippen LogP contribution in [0.1, 0.15) is 33.4 Å². The van der Waals surface area contributed by atoms with Crippen LogP contribution >= 0.6 is 11.3 Å². The van der Waals surface area contributed by atoms with Gasteiger partial charge < -0.3 is 9.15 Å². The number of carbonyl (C=O) groups is 2. The fourth-order valence-corrected chi connectivity index (χ4v) is 3.88. The molecule has 7 heteroatoms. The Morgan fingerprint density at radius 2 is 1.72 bits per heavy atom. The summed E-state index contributed by atoms with van der Waals surface area (Å²) in [6.07, 6.45) is 0.862. The molecule has 0 aliphatic carbocycles. The molecule has 0 bridgehead atoms. The summed E-state index contributed by atoms with van der Waals surface area (Å²) in [4.78, 5) is 28.5. The van der Waals surface area contributed by atoms with Crippen LogP contribution in [0.3, 0.4) is 0 Å². The van der Waals surface area contributed by atoms with Crippen LogP contribution in [-0.4, -0.2) is 30.4 Å². The maximum Gasteiger partial charge on any atom is 0.293 e. The Hall–Kier alpha value is -3.55. The van der Waals surface area contributed by atoms with E-state index >= 15 is 0 Å². The number of amides is 1. The van der Waals surface area contributed by atoms with Crippen LogP contribution in [0.4, 0.5) is 5.13 Å². The van der Waals surface area contributed by atoms with E-state index in [2.05, 4.69) is 22.4 Å². The third-order valence-electron chi connectivity index (χ3n) is 4.97. The van der Waals surface area contributed by atoms with Crippen LogP contribution in [0.15, 0.2) is 70.5 Å². The van der Waals surface area contributed by atoms with E-state index in [1.165, 1.54) is 23.8 Å². The lowest BCUT2D eigenvalue weighted by Gasteiger charge is -2.02. The lowest BCUT2D eigenvalue weighted by atomic mass is 10.1. The summed E-state index contributed by atoms with van der Waals surface area (Å²) in [5.41, 5.74) is 4.40. The second-order valence-corrected chi connectivity index (χ2v) is 8.09. The minimum absolute atomic E-state index is 0.000847. The number of ether oxygens (including phenoxy) is 1. The zero-order valence-electron chi connectivity index (χ0n) is 17.8. The Bertz CT molecular complexity index is 1220. The predicted octanol–water partition coefficient (Wildman–Crippen LogP) is 5.71. The van der Waals surface area contributed by atoms with Gasteiger partial charge >= 0.3 is 0 Å². The third-order valence-corrected chi connectivity index (χ3v) is 5.73. The van der Waals surface area contributed by atoms with Crippen molar-refractivity contribution in [3.05, 3.63) is 82.9 Å². The highest BCUT2D eigenvalue weighted by atomic mass is 32.1. The first-order valence-corrected chi connectivity index (χ1v) is 11.0. The van der Waals surface area contributed by atoms with E-state index in [1.54, 1.807) is 43.5 Å². The van der Waals surface area contributed by atoms with Gasteiger partial charge in [0.15, 0.2) is 16.7 Å². The van der Waals surface area contributed by atoms with Crippen LogP contribution < -0.4 is 5.32 Å². The molecule has 0 spiro atoms. The van der Waals surface area contributed by atoms with Crippen molar-refractivity contribution in [1.29, 1.82) is 0 Å². The first kappa shape index (κ1) is 21.7. The first-order valence-electron chi connectivity index (χ1n) is 10.1. The highest BCUT2D eigenvalue weighted by molar-refractivity contribution is 7.14. The number of anilines is 1. The monoisotopic (exact) mass is 446 g/mol. The molecule has 0 aliphatic heterocycles. The molecule has 4 aromatic rings. The van der Waals surface area contributed by atoms with Crippen LogP contribution in [0, 0.1) is 0 Å². The fraction of sp³-hybridized carbons (Fsp3) is 0.160. The standard InChI is InChI=1S/C25H22N2O4S/c1-16(28)18-7-9-20(10-8-18)22-11-12-23(31-22)24(29)27-25-26-21(15-32-25)19-5-3-17(4-6-19)13-14-30-2/h3-12,15H,13-14H2,1-2H3,(H,26,27,29). The summed E-state index contributed by atoms with van der Waals surface area (Å²) in [5.74, 6) is 0.377. The van der Waals surface area contributed by atoms with E-state index in [4.69, 9.17) is 9.15 Å². The summed E-state index contributed by atoms with van der Waals surface area (Å²) < 4.78 is 10.8. The van der Waals surface area contributed by atoms with E-state index in [0.29, 0.717) is 23.1 Å². The Labute approximate surface area is 189 Å². The number of Topliss-reactive ketones (excluding diaryl/α,β-unsaturated/α-hetero) is 1. The number of methoxy groups -OCH3 is 1. The molecular weight excluding hydrogens is 424 g/mol. The van der Waals surface area contributed by atoms with E-state index in [1.807, 2.05) is 17.5 Å². The molecule has 0 saturated carbocycles. The number of nitrogens with one attached hydrogen (secondary N) is 1. The number of thiazole rings is 1. The molecular formula is C25H22N2O4S. The number of aromatic nitrogens is 1. The van der Waals surface area contributed by atoms with Gasteiger partial charge in [-0.2, -0.15) is 0 Å². The second kappa shape index (κ2) is 9.72. The largest absolute Gasteiger partial charge is 0.451 e. The quantitative estimate of drug-likeness (QED) is 0.350. The summed E-state index contributed by atoms with van der Waals surface area (Å²) in [5, 5.41) is 5.19. The van der Waals surface area contributed by atoms with E-state index < -0.39 is 0 Å². The molecule has 162 valence electrons. The van der Waals surface area contributed by atoms with Gasteiger partial charge in [0.05, 0.1) is 12.3 Å². The van der Waals surface area contributed by atoms with Gasteiger partial charge in [0, 0.05) is 29.2 Å². The lowest BCUT2D eigenvalue weighted by molar-refractivity contribution is 0.0994. The Kier molecular flexibility index (Phi) is 6.58. The average molecular weight is 447 g/mol. The number of hydrogen-bond acceptors (Lipinski definition) is 6. The van der Waals surface area contributed by atoms with Crippen molar-refractivity contribution >= 4 is 28.2 Å². The molecule has 0 aliphatic rings. The lowest BCUT2D eigenvalue weighted by Crippen LogP contribution is -2.10. The summed E-state index contributed by atoms with van der Waals surface area (Å²) >= 11 is 1.36. The SMILES string of the molecule is COCCc1ccc(-c2csc(NC(=O)c3ccc(-c4ccc(C(C)=O)cc4)o3)n2)cc1. The van der Waals surface area contributed by atoms with Gasteiger partial charge in [-0.05, 0) is 31.0 Å². The molecule has 2 heterocycles. The van der Waals surface area contributed by atoms with Crippen LogP contribution in [-0.2, 0) is 11.2 Å². The smallest absolute Gasteiger partial charge is 0.293 e. The molecule has 0 unspecified atom stereocenters. The van der Waals surface area contributed by atoms with Gasteiger partial charge in [-0.25, -0.2) is 4.98 Å². The van der Waals surface area contributed by atoms with Gasteiger partial charge in [0.1, 0.15) is 5.76 Å². The van der Waals surface area contributed by atoms with Crippen molar-refractivity contribution in [3.8, 4) is 22.6 Å². The number of hydrogen-bond donors (Lipinski definition) is 1. The van der Waals surface area contributed by atoms with Crippen molar-refractivity contribution in [3.63, 3.8) is 0 Å². The highest BCUT2D eigenvalue weighted by Crippen LogP contribution is 2.27. The van der Waals surface area contributed by atoms with Crippen molar-refractivity contribution < 1.29 is 18.7 Å². The number of rotatable bonds is 8. The Morgan fingerprint density at radius 1 is 1.00 bits per heavy atom. The summed E-state index contributed by atoms with van der Waals surface area (Å²) in [6, 6.07) is 18.6. The van der Waals surface area contributed by atoms with Crippen LogP contribution in [0.5, 0.6) is 0 Å². The van der Waals surface area contributed by atoms with Gasteiger partial charge in [-0.3, -0.25) is 14.9 Å². The molecule has 1 N–H and O–H groups in total. The topological polar surface area (TPSA) is 81.4 Å². The minimum atomic E-state index is -0.368. The number of ketones is 1. The molecule has 0 radical (unpaired) electrons. The molecule has 0 atom stereocenters. The Balaban J connectivity index is 1.42. The normalized spacial score (nSPS) is 10.8. The summed E-state index contributed by atoms with van der Waals surface area (Å²) in [7, 11) is 1.69. The first-order chi connectivity index (χ1) is 15.5. The predicted molar refractivity (Wildman–Crippen MR) is 125 cm³/mol. The van der Waals surface area contributed by atoms with Gasteiger partial charge in [-0.1, -0.05) is 48.5 Å². The zero-order chi connectivity index (χ0) is 22.5. The van der Waals surface area contributed by atoms with E-state index in [0.717, 1.165) is 23.2 Å². The molecule has 6 nitrogen and oxygen atoms in total. The highest BCUT2D eigenvalue weighted by Gasteiger charge is 2.15. The summed E-state index contributed by atoms with van der Waals surface area (Å²) in [6.45, 7) is 2.21. The fourth-order valence-electron chi connectivity index (χ4n) is 3.17. The molecule has 32 heavy (non-hydrogen) atoms. The number of carbonyl (C=O) groups excluding carboxylic acids is 2. The maximum absolute atomic E-state index is 12.6. The van der Waals surface area contributed by atoms with Gasteiger partial charge in [0.25, 0.3) is 5.91 Å². The molecule has 2 aromatic carbocycles. The van der Waals surface area contributed by atoms with Crippen molar-refractivity contribution in [2.45, 2.75) is 13.3 Å². The molecule has 2 aromatic heterocycles. The van der Waals surface area contributed by atoms with Gasteiger partial charge in [-0.15, -0.1) is 11.3 Å². The van der Waals surface area contributed by atoms with E-state index in [-0.39, 0.29) is 17.5 Å². The third kappa shape index (κ3) is 5.01. The number of furan rings is 1. The van der Waals surface area contributed by atoms with E-state index in [9.17, 15) is 9.59 Å². The number of nitrogens with zero attached hydrogens (tertiary/aromatic N) is 1. The van der Waals surface area contributed by atoms with Crippen LogP contribution in [0.2, 0.25) is 0 Å².